The minimum atomic E-state index is -0.167. The summed E-state index contributed by atoms with van der Waals surface area (Å²) in [7, 11) is 0. The molecule has 0 aliphatic carbocycles. The standard InChI is InChI=1S/C23H20N4O2/c28-19-7-5-16(6-8-19)9-12-26-23(29)18-11-13-24-21(15-18)27-22-20-4-2-1-3-17(20)10-14-25-22/h1-8,10-11,13-15,28H,9,12H2,(H,26,29)(H,24,25,27). The second-order valence-corrected chi connectivity index (χ2v) is 6.61. The van der Waals surface area contributed by atoms with Gasteiger partial charge in [-0.05, 0) is 47.7 Å². The molecule has 3 N–H and O–H groups in total. The third-order valence-electron chi connectivity index (χ3n) is 4.58. The molecule has 4 aromatic rings. The lowest BCUT2D eigenvalue weighted by molar-refractivity contribution is 0.0954. The first-order valence-electron chi connectivity index (χ1n) is 9.32. The normalized spacial score (nSPS) is 10.6. The first-order chi connectivity index (χ1) is 14.2. The number of benzene rings is 2. The van der Waals surface area contributed by atoms with Gasteiger partial charge < -0.3 is 15.7 Å². The zero-order valence-electron chi connectivity index (χ0n) is 15.7. The molecular formula is C23H20N4O2. The summed E-state index contributed by atoms with van der Waals surface area (Å²) < 4.78 is 0. The highest BCUT2D eigenvalue weighted by atomic mass is 16.3. The quantitative estimate of drug-likeness (QED) is 0.467. The van der Waals surface area contributed by atoms with Crippen molar-refractivity contribution in [1.29, 1.82) is 0 Å². The Balaban J connectivity index is 1.42. The number of hydrogen-bond acceptors (Lipinski definition) is 5. The van der Waals surface area contributed by atoms with Crippen LogP contribution in [-0.2, 0) is 6.42 Å². The SMILES string of the molecule is O=C(NCCc1ccc(O)cc1)c1ccnc(Nc2nccc3ccccc23)c1. The van der Waals surface area contributed by atoms with Gasteiger partial charge in [-0.25, -0.2) is 9.97 Å². The molecule has 0 aliphatic rings. The fourth-order valence-electron chi connectivity index (χ4n) is 3.07. The lowest BCUT2D eigenvalue weighted by atomic mass is 10.1. The van der Waals surface area contributed by atoms with E-state index in [1.165, 1.54) is 0 Å². The number of phenolic OH excluding ortho intramolecular Hbond substituents is 1. The first-order valence-corrected chi connectivity index (χ1v) is 9.32. The van der Waals surface area contributed by atoms with E-state index in [1.807, 2.05) is 42.5 Å². The van der Waals surface area contributed by atoms with Gasteiger partial charge in [0.15, 0.2) is 0 Å². The average molecular weight is 384 g/mol. The highest BCUT2D eigenvalue weighted by Crippen LogP contribution is 2.23. The molecule has 6 heteroatoms. The molecule has 2 aromatic heterocycles. The Morgan fingerprint density at radius 1 is 0.931 bits per heavy atom. The summed E-state index contributed by atoms with van der Waals surface area (Å²) in [5.74, 6) is 1.32. The zero-order chi connectivity index (χ0) is 20.1. The number of nitrogens with one attached hydrogen (secondary N) is 2. The van der Waals surface area contributed by atoms with E-state index in [0.29, 0.717) is 30.2 Å². The molecule has 2 aromatic carbocycles. The van der Waals surface area contributed by atoms with E-state index in [1.54, 1.807) is 36.7 Å². The van der Waals surface area contributed by atoms with Gasteiger partial charge >= 0.3 is 0 Å². The van der Waals surface area contributed by atoms with Gasteiger partial charge in [-0.15, -0.1) is 0 Å². The van der Waals surface area contributed by atoms with Crippen molar-refractivity contribution in [3.63, 3.8) is 0 Å². The second kappa shape index (κ2) is 8.39. The highest BCUT2D eigenvalue weighted by Gasteiger charge is 2.08. The molecule has 0 spiro atoms. The molecule has 0 saturated heterocycles. The van der Waals surface area contributed by atoms with Crippen LogP contribution in [0.3, 0.4) is 0 Å². The number of carbonyl (C=O) groups excluding carboxylic acids is 1. The topological polar surface area (TPSA) is 87.1 Å². The number of carbonyl (C=O) groups is 1. The fourth-order valence-corrected chi connectivity index (χ4v) is 3.07. The van der Waals surface area contributed by atoms with Crippen molar-refractivity contribution in [2.24, 2.45) is 0 Å². The second-order valence-electron chi connectivity index (χ2n) is 6.61. The lowest BCUT2D eigenvalue weighted by Gasteiger charge is -2.10. The van der Waals surface area contributed by atoms with Crippen LogP contribution >= 0.6 is 0 Å². The summed E-state index contributed by atoms with van der Waals surface area (Å²) >= 11 is 0. The molecule has 144 valence electrons. The van der Waals surface area contributed by atoms with E-state index in [9.17, 15) is 9.90 Å². The fraction of sp³-hybridized carbons (Fsp3) is 0.0870. The monoisotopic (exact) mass is 384 g/mol. The van der Waals surface area contributed by atoms with E-state index in [4.69, 9.17) is 0 Å². The van der Waals surface area contributed by atoms with Crippen molar-refractivity contribution in [1.82, 2.24) is 15.3 Å². The molecule has 6 nitrogen and oxygen atoms in total. The van der Waals surface area contributed by atoms with E-state index in [-0.39, 0.29) is 11.7 Å². The Bertz CT molecular complexity index is 1140. The lowest BCUT2D eigenvalue weighted by Crippen LogP contribution is -2.25. The maximum absolute atomic E-state index is 12.5. The molecular weight excluding hydrogens is 364 g/mol. The molecule has 0 aliphatic heterocycles. The van der Waals surface area contributed by atoms with E-state index in [2.05, 4.69) is 20.6 Å². The molecule has 1 amide bonds. The number of amides is 1. The number of hydrogen-bond donors (Lipinski definition) is 3. The van der Waals surface area contributed by atoms with Crippen molar-refractivity contribution in [3.05, 3.63) is 90.3 Å². The van der Waals surface area contributed by atoms with Crippen LogP contribution in [0.2, 0.25) is 0 Å². The van der Waals surface area contributed by atoms with Crippen molar-refractivity contribution >= 4 is 28.3 Å². The molecule has 0 fully saturated rings. The predicted octanol–water partition coefficient (Wildman–Crippen LogP) is 4.05. The Morgan fingerprint density at radius 2 is 1.72 bits per heavy atom. The number of fused-ring (bicyclic) bond motifs is 1. The van der Waals surface area contributed by atoms with Crippen molar-refractivity contribution < 1.29 is 9.90 Å². The van der Waals surface area contributed by atoms with Gasteiger partial charge in [0.2, 0.25) is 0 Å². The molecule has 4 rings (SSSR count). The van der Waals surface area contributed by atoms with Crippen LogP contribution in [0, 0.1) is 0 Å². The van der Waals surface area contributed by atoms with Gasteiger partial charge in [-0.1, -0.05) is 36.4 Å². The summed E-state index contributed by atoms with van der Waals surface area (Å²) in [6, 6.07) is 20.2. The molecule has 0 radical (unpaired) electrons. The summed E-state index contributed by atoms with van der Waals surface area (Å²) in [5, 5.41) is 17.5. The Hall–Kier alpha value is -3.93. The number of anilines is 2. The minimum absolute atomic E-state index is 0.167. The Kier molecular flexibility index (Phi) is 5.33. The number of rotatable bonds is 6. The van der Waals surface area contributed by atoms with Gasteiger partial charge in [0.1, 0.15) is 17.4 Å². The maximum atomic E-state index is 12.5. The average Bonchev–Trinajstić information content (AvgIpc) is 2.75. The molecule has 0 bridgehead atoms. The van der Waals surface area contributed by atoms with E-state index >= 15 is 0 Å². The van der Waals surface area contributed by atoms with Gasteiger partial charge in [-0.3, -0.25) is 4.79 Å². The Labute approximate surface area is 168 Å². The minimum Gasteiger partial charge on any atom is -0.508 e. The van der Waals surface area contributed by atoms with Crippen LogP contribution < -0.4 is 10.6 Å². The largest absolute Gasteiger partial charge is 0.508 e. The van der Waals surface area contributed by atoms with E-state index in [0.717, 1.165) is 16.3 Å². The van der Waals surface area contributed by atoms with Gasteiger partial charge in [0, 0.05) is 29.9 Å². The first kappa shape index (κ1) is 18.4. The predicted molar refractivity (Wildman–Crippen MR) is 113 cm³/mol. The van der Waals surface area contributed by atoms with Crippen LogP contribution in [0.25, 0.3) is 10.8 Å². The molecule has 2 heterocycles. The number of phenols is 1. The van der Waals surface area contributed by atoms with Crippen LogP contribution in [-0.4, -0.2) is 27.5 Å². The molecule has 29 heavy (non-hydrogen) atoms. The van der Waals surface area contributed by atoms with Crippen LogP contribution in [0.15, 0.2) is 79.1 Å². The summed E-state index contributed by atoms with van der Waals surface area (Å²) in [5.41, 5.74) is 1.57. The third kappa shape index (κ3) is 4.50. The van der Waals surface area contributed by atoms with Gasteiger partial charge in [0.05, 0.1) is 0 Å². The number of nitrogens with zero attached hydrogens (tertiary/aromatic N) is 2. The van der Waals surface area contributed by atoms with Gasteiger partial charge in [-0.2, -0.15) is 0 Å². The van der Waals surface area contributed by atoms with Crippen LogP contribution in [0.4, 0.5) is 11.6 Å². The van der Waals surface area contributed by atoms with Crippen molar-refractivity contribution in [2.75, 3.05) is 11.9 Å². The molecule has 0 unspecified atom stereocenters. The van der Waals surface area contributed by atoms with Crippen molar-refractivity contribution in [2.45, 2.75) is 6.42 Å². The van der Waals surface area contributed by atoms with Crippen LogP contribution in [0.5, 0.6) is 5.75 Å². The van der Waals surface area contributed by atoms with Crippen LogP contribution in [0.1, 0.15) is 15.9 Å². The maximum Gasteiger partial charge on any atom is 0.251 e. The third-order valence-corrected chi connectivity index (χ3v) is 4.58. The summed E-state index contributed by atoms with van der Waals surface area (Å²) in [6.07, 6.45) is 4.02. The highest BCUT2D eigenvalue weighted by molar-refractivity contribution is 5.96. The summed E-state index contributed by atoms with van der Waals surface area (Å²) in [4.78, 5) is 21.2. The molecule has 0 atom stereocenters. The Morgan fingerprint density at radius 3 is 2.59 bits per heavy atom. The van der Waals surface area contributed by atoms with Gasteiger partial charge in [0.25, 0.3) is 5.91 Å². The number of aromatic nitrogens is 2. The van der Waals surface area contributed by atoms with E-state index < -0.39 is 0 Å². The number of aromatic hydroxyl groups is 1. The summed E-state index contributed by atoms with van der Waals surface area (Å²) in [6.45, 7) is 0.500. The molecule has 0 saturated carbocycles. The number of pyridine rings is 2. The smallest absolute Gasteiger partial charge is 0.251 e. The van der Waals surface area contributed by atoms with Crippen molar-refractivity contribution in [3.8, 4) is 5.75 Å². The zero-order valence-corrected chi connectivity index (χ0v) is 15.7.